The largest absolute Gasteiger partial charge is 0.356 e. The summed E-state index contributed by atoms with van der Waals surface area (Å²) in [5.41, 5.74) is 3.46. The van der Waals surface area contributed by atoms with Gasteiger partial charge in [-0.15, -0.1) is 21.5 Å². The summed E-state index contributed by atoms with van der Waals surface area (Å²) in [6.07, 6.45) is 0. The predicted molar refractivity (Wildman–Crippen MR) is 130 cm³/mol. The zero-order valence-electron chi connectivity index (χ0n) is 16.9. The summed E-state index contributed by atoms with van der Waals surface area (Å²) < 4.78 is 0.772. The van der Waals surface area contributed by atoms with E-state index in [1.165, 1.54) is 34.2 Å². The van der Waals surface area contributed by atoms with Crippen molar-refractivity contribution in [3.8, 4) is 0 Å². The Balaban J connectivity index is 1.32. The Morgan fingerprint density at radius 3 is 2.58 bits per heavy atom. The van der Waals surface area contributed by atoms with Crippen LogP contribution in [0.5, 0.6) is 0 Å². The second kappa shape index (κ2) is 10.6. The first-order valence-electron chi connectivity index (χ1n) is 9.81. The van der Waals surface area contributed by atoms with Gasteiger partial charge in [0.25, 0.3) is 0 Å². The number of aromatic nitrogens is 2. The highest BCUT2D eigenvalue weighted by atomic mass is 32.2. The molecule has 2 N–H and O–H groups in total. The lowest BCUT2D eigenvalue weighted by Gasteiger charge is -2.18. The number of benzene rings is 2. The minimum absolute atomic E-state index is 0.0297. The average molecular weight is 467 g/mol. The monoisotopic (exact) mass is 466 g/mol. The second-order valence-corrected chi connectivity index (χ2v) is 10.1. The molecule has 0 saturated heterocycles. The number of rotatable bonds is 9. The van der Waals surface area contributed by atoms with Gasteiger partial charge in [0.05, 0.1) is 11.8 Å². The molecule has 0 aliphatic heterocycles. The molecule has 0 saturated carbocycles. The minimum Gasteiger partial charge on any atom is -0.356 e. The first-order chi connectivity index (χ1) is 15.2. The van der Waals surface area contributed by atoms with E-state index in [-0.39, 0.29) is 11.9 Å². The highest BCUT2D eigenvalue weighted by Crippen LogP contribution is 2.28. The van der Waals surface area contributed by atoms with E-state index in [2.05, 4.69) is 70.2 Å². The maximum Gasteiger partial charge on any atom is 0.231 e. The van der Waals surface area contributed by atoms with Crippen LogP contribution in [0.2, 0.25) is 0 Å². The number of anilines is 1. The van der Waals surface area contributed by atoms with Crippen LogP contribution in [0.25, 0.3) is 0 Å². The Labute approximate surface area is 194 Å². The summed E-state index contributed by atoms with van der Waals surface area (Å²) in [4.78, 5) is 13.8. The van der Waals surface area contributed by atoms with E-state index in [0.29, 0.717) is 12.3 Å². The standard InChI is InChI=1S/C23H22N4OS3/c1-16-9-11-18(12-10-16)21(19-8-5-13-29-19)25-20(28)15-30-23-27-26-22(31-23)24-14-17-6-3-2-4-7-17/h2-13,21H,14-15H2,1H3,(H,24,26)(H,25,28). The van der Waals surface area contributed by atoms with E-state index in [1.807, 2.05) is 29.6 Å². The Hall–Kier alpha value is -2.68. The van der Waals surface area contributed by atoms with Crippen LogP contribution >= 0.6 is 34.4 Å². The predicted octanol–water partition coefficient (Wildman–Crippen LogP) is 5.52. The molecule has 158 valence electrons. The van der Waals surface area contributed by atoms with Crippen molar-refractivity contribution in [2.24, 2.45) is 0 Å². The Morgan fingerprint density at radius 1 is 1.03 bits per heavy atom. The molecule has 0 aliphatic carbocycles. The molecule has 1 amide bonds. The SMILES string of the molecule is Cc1ccc(C(NC(=O)CSc2nnc(NCc3ccccc3)s2)c2cccs2)cc1. The van der Waals surface area contributed by atoms with Crippen LogP contribution in [-0.2, 0) is 11.3 Å². The first-order valence-corrected chi connectivity index (χ1v) is 12.5. The van der Waals surface area contributed by atoms with Gasteiger partial charge < -0.3 is 10.6 Å². The third kappa shape index (κ3) is 6.16. The number of carbonyl (C=O) groups excluding carboxylic acids is 1. The first kappa shape index (κ1) is 21.5. The van der Waals surface area contributed by atoms with Crippen LogP contribution in [0, 0.1) is 6.92 Å². The number of carbonyl (C=O) groups is 1. The van der Waals surface area contributed by atoms with Gasteiger partial charge in [-0.2, -0.15) is 0 Å². The van der Waals surface area contributed by atoms with Gasteiger partial charge in [0, 0.05) is 11.4 Å². The molecule has 0 fully saturated rings. The topological polar surface area (TPSA) is 66.9 Å². The second-order valence-electron chi connectivity index (χ2n) is 6.93. The molecule has 2 aromatic carbocycles. The molecule has 4 rings (SSSR count). The smallest absolute Gasteiger partial charge is 0.231 e. The fraction of sp³-hybridized carbons (Fsp3) is 0.174. The number of hydrogen-bond acceptors (Lipinski definition) is 7. The van der Waals surface area contributed by atoms with Gasteiger partial charge in [0.1, 0.15) is 0 Å². The number of aryl methyl sites for hydroxylation is 1. The fourth-order valence-corrected chi connectivity index (χ4v) is 5.34. The lowest BCUT2D eigenvalue weighted by molar-refractivity contribution is -0.119. The molecule has 1 atom stereocenters. The van der Waals surface area contributed by atoms with Crippen LogP contribution < -0.4 is 10.6 Å². The lowest BCUT2D eigenvalue weighted by Crippen LogP contribution is -2.30. The molecule has 0 spiro atoms. The van der Waals surface area contributed by atoms with E-state index in [0.717, 1.165) is 19.9 Å². The van der Waals surface area contributed by atoms with Gasteiger partial charge in [-0.1, -0.05) is 89.3 Å². The van der Waals surface area contributed by atoms with Crippen molar-refractivity contribution in [1.82, 2.24) is 15.5 Å². The quantitative estimate of drug-likeness (QED) is 0.318. The van der Waals surface area contributed by atoms with Crippen LogP contribution in [0.1, 0.15) is 27.6 Å². The number of thioether (sulfide) groups is 1. The Bertz CT molecular complexity index is 1100. The molecule has 5 nitrogen and oxygen atoms in total. The van der Waals surface area contributed by atoms with Crippen LogP contribution in [0.3, 0.4) is 0 Å². The summed E-state index contributed by atoms with van der Waals surface area (Å²) in [5.74, 6) is 0.263. The van der Waals surface area contributed by atoms with E-state index in [4.69, 9.17) is 0 Å². The van der Waals surface area contributed by atoms with Gasteiger partial charge in [-0.3, -0.25) is 4.79 Å². The van der Waals surface area contributed by atoms with Crippen LogP contribution in [0.4, 0.5) is 5.13 Å². The van der Waals surface area contributed by atoms with Crippen molar-refractivity contribution < 1.29 is 4.79 Å². The van der Waals surface area contributed by atoms with E-state index in [1.54, 1.807) is 11.3 Å². The number of nitrogens with zero attached hydrogens (tertiary/aromatic N) is 2. The van der Waals surface area contributed by atoms with Crippen LogP contribution in [-0.4, -0.2) is 21.9 Å². The van der Waals surface area contributed by atoms with E-state index in [9.17, 15) is 4.79 Å². The van der Waals surface area contributed by atoms with Gasteiger partial charge in [-0.25, -0.2) is 0 Å². The molecule has 1 unspecified atom stereocenters. The summed E-state index contributed by atoms with van der Waals surface area (Å²) in [6.45, 7) is 2.75. The van der Waals surface area contributed by atoms with E-state index >= 15 is 0 Å². The van der Waals surface area contributed by atoms with Gasteiger partial charge in [0.15, 0.2) is 4.34 Å². The highest BCUT2D eigenvalue weighted by Gasteiger charge is 2.18. The summed E-state index contributed by atoms with van der Waals surface area (Å²) in [5, 5.41) is 17.6. The maximum absolute atomic E-state index is 12.7. The van der Waals surface area contributed by atoms with Gasteiger partial charge >= 0.3 is 0 Å². The van der Waals surface area contributed by atoms with Crippen LogP contribution in [0.15, 0.2) is 76.4 Å². The zero-order chi connectivity index (χ0) is 21.5. The van der Waals surface area contributed by atoms with Crippen molar-refractivity contribution >= 4 is 45.5 Å². The number of nitrogens with one attached hydrogen (secondary N) is 2. The number of hydrogen-bond donors (Lipinski definition) is 2. The fourth-order valence-electron chi connectivity index (χ4n) is 2.98. The molecule has 4 aromatic rings. The third-order valence-corrected chi connectivity index (χ3v) is 7.51. The molecular formula is C23H22N4OS3. The molecule has 0 aliphatic rings. The lowest BCUT2D eigenvalue weighted by atomic mass is 10.0. The van der Waals surface area contributed by atoms with E-state index < -0.39 is 0 Å². The number of thiophene rings is 1. The highest BCUT2D eigenvalue weighted by molar-refractivity contribution is 8.01. The zero-order valence-corrected chi connectivity index (χ0v) is 19.4. The van der Waals surface area contributed by atoms with Crippen molar-refractivity contribution in [2.75, 3.05) is 11.1 Å². The van der Waals surface area contributed by atoms with Crippen molar-refractivity contribution in [1.29, 1.82) is 0 Å². The van der Waals surface area contributed by atoms with Crippen molar-refractivity contribution in [3.63, 3.8) is 0 Å². The molecular weight excluding hydrogens is 444 g/mol. The molecule has 31 heavy (non-hydrogen) atoms. The molecule has 2 aromatic heterocycles. The Kier molecular flexibility index (Phi) is 7.35. The minimum atomic E-state index is -0.147. The summed E-state index contributed by atoms with van der Waals surface area (Å²) in [7, 11) is 0. The van der Waals surface area contributed by atoms with Crippen molar-refractivity contribution in [2.45, 2.75) is 23.8 Å². The van der Waals surface area contributed by atoms with Crippen molar-refractivity contribution in [3.05, 3.63) is 93.7 Å². The maximum atomic E-state index is 12.7. The van der Waals surface area contributed by atoms with Gasteiger partial charge in [-0.05, 0) is 29.5 Å². The Morgan fingerprint density at radius 2 is 1.84 bits per heavy atom. The average Bonchev–Trinajstić information content (AvgIpc) is 3.48. The molecule has 0 bridgehead atoms. The summed E-state index contributed by atoms with van der Waals surface area (Å²) in [6, 6.07) is 22.3. The number of amides is 1. The molecule has 0 radical (unpaired) electrons. The molecule has 2 heterocycles. The normalized spacial score (nSPS) is 11.8. The third-order valence-electron chi connectivity index (χ3n) is 4.56. The molecule has 8 heteroatoms. The summed E-state index contributed by atoms with van der Waals surface area (Å²) >= 11 is 4.51. The van der Waals surface area contributed by atoms with Gasteiger partial charge in [0.2, 0.25) is 11.0 Å².